The monoisotopic (exact) mass is 278 g/mol. The summed E-state index contributed by atoms with van der Waals surface area (Å²) in [6.07, 6.45) is 0. The molecule has 0 radical (unpaired) electrons. The van der Waals surface area contributed by atoms with Crippen LogP contribution in [0.15, 0.2) is 53.3 Å². The Morgan fingerprint density at radius 3 is 2.29 bits per heavy atom. The van der Waals surface area contributed by atoms with Gasteiger partial charge in [-0.15, -0.1) is 0 Å². The van der Waals surface area contributed by atoms with Crippen LogP contribution in [0.1, 0.15) is 11.1 Å². The van der Waals surface area contributed by atoms with Crippen LogP contribution in [-0.4, -0.2) is 9.78 Å². The summed E-state index contributed by atoms with van der Waals surface area (Å²) in [7, 11) is 1.75. The highest BCUT2D eigenvalue weighted by molar-refractivity contribution is 5.80. The molecule has 3 aromatic rings. The lowest BCUT2D eigenvalue weighted by Crippen LogP contribution is -2.13. The molecular formula is C18H18N2O. The molecule has 3 heteroatoms. The number of nitrogens with one attached hydrogen (secondary N) is 1. The van der Waals surface area contributed by atoms with Crippen LogP contribution in [0, 0.1) is 13.8 Å². The minimum atomic E-state index is -0.00430. The van der Waals surface area contributed by atoms with Crippen molar-refractivity contribution in [2.24, 2.45) is 7.05 Å². The summed E-state index contributed by atoms with van der Waals surface area (Å²) in [5.41, 5.74) is 5.92. The fraction of sp³-hybridized carbons (Fsp3) is 0.167. The third-order valence-corrected chi connectivity index (χ3v) is 3.70. The summed E-state index contributed by atoms with van der Waals surface area (Å²) in [5.74, 6) is 0. The Hall–Kier alpha value is -2.55. The predicted molar refractivity (Wildman–Crippen MR) is 86.4 cm³/mol. The highest BCUT2D eigenvalue weighted by atomic mass is 16.1. The third-order valence-electron chi connectivity index (χ3n) is 3.70. The number of benzene rings is 2. The molecule has 0 amide bonds. The van der Waals surface area contributed by atoms with Gasteiger partial charge in [-0.25, -0.2) is 0 Å². The fourth-order valence-corrected chi connectivity index (χ4v) is 2.55. The van der Waals surface area contributed by atoms with Crippen molar-refractivity contribution in [2.75, 3.05) is 0 Å². The molecule has 1 N–H and O–H groups in total. The van der Waals surface area contributed by atoms with Crippen LogP contribution >= 0.6 is 0 Å². The van der Waals surface area contributed by atoms with E-state index in [2.05, 4.69) is 24.2 Å². The minimum Gasteiger partial charge on any atom is -0.295 e. The maximum atomic E-state index is 12.5. The summed E-state index contributed by atoms with van der Waals surface area (Å²) in [6.45, 7) is 4.09. The van der Waals surface area contributed by atoms with Crippen LogP contribution in [0.5, 0.6) is 0 Å². The first-order valence-corrected chi connectivity index (χ1v) is 6.99. The van der Waals surface area contributed by atoms with Gasteiger partial charge in [0, 0.05) is 12.6 Å². The number of aromatic nitrogens is 2. The van der Waals surface area contributed by atoms with Crippen molar-refractivity contribution in [1.82, 2.24) is 9.78 Å². The second kappa shape index (κ2) is 5.09. The molecule has 2 aromatic carbocycles. The van der Waals surface area contributed by atoms with Crippen LogP contribution in [0.4, 0.5) is 0 Å². The Bertz CT molecular complexity index is 838. The molecular weight excluding hydrogens is 260 g/mol. The van der Waals surface area contributed by atoms with E-state index < -0.39 is 0 Å². The topological polar surface area (TPSA) is 37.8 Å². The molecule has 1 heterocycles. The molecule has 21 heavy (non-hydrogen) atoms. The van der Waals surface area contributed by atoms with Crippen LogP contribution in [-0.2, 0) is 7.05 Å². The highest BCUT2D eigenvalue weighted by Gasteiger charge is 2.15. The molecule has 0 aliphatic carbocycles. The predicted octanol–water partition coefficient (Wildman–Crippen LogP) is 3.66. The van der Waals surface area contributed by atoms with Crippen LogP contribution in [0.25, 0.3) is 22.4 Å². The van der Waals surface area contributed by atoms with E-state index in [0.717, 1.165) is 22.4 Å². The van der Waals surface area contributed by atoms with Gasteiger partial charge in [-0.1, -0.05) is 53.6 Å². The van der Waals surface area contributed by atoms with Gasteiger partial charge in [0.1, 0.15) is 0 Å². The SMILES string of the molecule is Cc1ccc(-c2c(-c3cccc(C)c3)[nH]n(C)c2=O)cc1. The van der Waals surface area contributed by atoms with Crippen molar-refractivity contribution in [1.29, 1.82) is 0 Å². The van der Waals surface area contributed by atoms with Crippen molar-refractivity contribution in [2.45, 2.75) is 13.8 Å². The maximum Gasteiger partial charge on any atom is 0.274 e. The summed E-state index contributed by atoms with van der Waals surface area (Å²) < 4.78 is 1.53. The molecule has 0 spiro atoms. The standard InChI is InChI=1S/C18H18N2O/c1-12-7-9-14(10-8-12)16-17(19-20(3)18(16)21)15-6-4-5-13(2)11-15/h4-11,19H,1-3H3. The molecule has 0 fully saturated rings. The van der Waals surface area contributed by atoms with E-state index in [9.17, 15) is 4.79 Å². The Morgan fingerprint density at radius 1 is 0.905 bits per heavy atom. The summed E-state index contributed by atoms with van der Waals surface area (Å²) in [5, 5.41) is 3.17. The van der Waals surface area contributed by atoms with Crippen LogP contribution in [0.3, 0.4) is 0 Å². The normalized spacial score (nSPS) is 10.8. The third kappa shape index (κ3) is 2.42. The number of rotatable bonds is 2. The van der Waals surface area contributed by atoms with E-state index in [1.165, 1.54) is 15.8 Å². The first kappa shape index (κ1) is 13.4. The first-order valence-electron chi connectivity index (χ1n) is 6.99. The van der Waals surface area contributed by atoms with E-state index in [1.54, 1.807) is 7.05 Å². The van der Waals surface area contributed by atoms with Crippen LogP contribution < -0.4 is 5.56 Å². The van der Waals surface area contributed by atoms with Gasteiger partial charge in [-0.3, -0.25) is 14.6 Å². The van der Waals surface area contributed by atoms with Crippen molar-refractivity contribution in [3.8, 4) is 22.4 Å². The van der Waals surface area contributed by atoms with Crippen molar-refractivity contribution < 1.29 is 0 Å². The number of aryl methyl sites for hydroxylation is 3. The first-order chi connectivity index (χ1) is 10.1. The number of hydrogen-bond donors (Lipinski definition) is 1. The van der Waals surface area contributed by atoms with Gasteiger partial charge in [0.15, 0.2) is 0 Å². The van der Waals surface area contributed by atoms with E-state index in [0.29, 0.717) is 0 Å². The molecule has 1 aromatic heterocycles. The molecule has 0 aliphatic heterocycles. The average molecular weight is 278 g/mol. The highest BCUT2D eigenvalue weighted by Crippen LogP contribution is 2.28. The van der Waals surface area contributed by atoms with Gasteiger partial charge in [0.2, 0.25) is 0 Å². The summed E-state index contributed by atoms with van der Waals surface area (Å²) in [4.78, 5) is 12.5. The molecule has 3 nitrogen and oxygen atoms in total. The van der Waals surface area contributed by atoms with E-state index in [4.69, 9.17) is 0 Å². The second-order valence-corrected chi connectivity index (χ2v) is 5.46. The Morgan fingerprint density at radius 2 is 1.62 bits per heavy atom. The van der Waals surface area contributed by atoms with Gasteiger partial charge < -0.3 is 0 Å². The van der Waals surface area contributed by atoms with Gasteiger partial charge in [-0.2, -0.15) is 0 Å². The van der Waals surface area contributed by atoms with E-state index in [-0.39, 0.29) is 5.56 Å². The number of hydrogen-bond acceptors (Lipinski definition) is 1. The number of nitrogens with zero attached hydrogens (tertiary/aromatic N) is 1. The second-order valence-electron chi connectivity index (χ2n) is 5.46. The molecule has 0 unspecified atom stereocenters. The lowest BCUT2D eigenvalue weighted by atomic mass is 10.00. The lowest BCUT2D eigenvalue weighted by Gasteiger charge is -2.04. The maximum absolute atomic E-state index is 12.5. The molecule has 3 rings (SSSR count). The smallest absolute Gasteiger partial charge is 0.274 e. The molecule has 0 saturated heterocycles. The van der Waals surface area contributed by atoms with Gasteiger partial charge >= 0.3 is 0 Å². The molecule has 0 saturated carbocycles. The largest absolute Gasteiger partial charge is 0.295 e. The Labute approximate surface area is 123 Å². The zero-order chi connectivity index (χ0) is 15.0. The number of H-pyrrole nitrogens is 1. The van der Waals surface area contributed by atoms with Gasteiger partial charge in [0.05, 0.1) is 11.3 Å². The minimum absolute atomic E-state index is 0.00430. The van der Waals surface area contributed by atoms with Crippen LogP contribution in [0.2, 0.25) is 0 Å². The zero-order valence-electron chi connectivity index (χ0n) is 12.5. The van der Waals surface area contributed by atoms with Crippen molar-refractivity contribution in [3.05, 3.63) is 70.0 Å². The average Bonchev–Trinajstić information content (AvgIpc) is 2.76. The quantitative estimate of drug-likeness (QED) is 0.763. The van der Waals surface area contributed by atoms with E-state index in [1.807, 2.05) is 43.3 Å². The van der Waals surface area contributed by atoms with Crippen molar-refractivity contribution >= 4 is 0 Å². The molecule has 0 aliphatic rings. The van der Waals surface area contributed by atoms with E-state index >= 15 is 0 Å². The summed E-state index contributed by atoms with van der Waals surface area (Å²) >= 11 is 0. The molecule has 0 atom stereocenters. The lowest BCUT2D eigenvalue weighted by molar-refractivity contribution is 0.743. The fourth-order valence-electron chi connectivity index (χ4n) is 2.55. The van der Waals surface area contributed by atoms with Crippen molar-refractivity contribution in [3.63, 3.8) is 0 Å². The zero-order valence-corrected chi connectivity index (χ0v) is 12.5. The Balaban J connectivity index is 2.25. The molecule has 0 bridgehead atoms. The number of aromatic amines is 1. The van der Waals surface area contributed by atoms with Gasteiger partial charge in [-0.05, 0) is 25.5 Å². The van der Waals surface area contributed by atoms with Gasteiger partial charge in [0.25, 0.3) is 5.56 Å². The molecule has 106 valence electrons. The summed E-state index contributed by atoms with van der Waals surface area (Å²) in [6, 6.07) is 16.2. The Kier molecular flexibility index (Phi) is 3.26.